The Bertz CT molecular complexity index is 961. The van der Waals surface area contributed by atoms with Crippen LogP contribution in [0.1, 0.15) is 40.5 Å². The fourth-order valence-corrected chi connectivity index (χ4v) is 2.83. The van der Waals surface area contributed by atoms with Gasteiger partial charge < -0.3 is 19.4 Å². The monoisotopic (exact) mass is 398 g/mol. The third kappa shape index (κ3) is 7.72. The Hall–Kier alpha value is -2.63. The maximum atomic E-state index is 11.3. The van der Waals surface area contributed by atoms with Gasteiger partial charge in [-0.1, -0.05) is 23.3 Å². The summed E-state index contributed by atoms with van der Waals surface area (Å²) in [6, 6.07) is 8.44. The first-order valence-electron chi connectivity index (χ1n) is 9.74. The molecule has 0 spiro atoms. The van der Waals surface area contributed by atoms with Crippen LogP contribution in [0.3, 0.4) is 0 Å². The lowest BCUT2D eigenvalue weighted by molar-refractivity contribution is 0.199. The van der Waals surface area contributed by atoms with Crippen LogP contribution in [0.4, 0.5) is 0 Å². The van der Waals surface area contributed by atoms with Crippen molar-refractivity contribution in [3.63, 3.8) is 0 Å². The Morgan fingerprint density at radius 1 is 1.10 bits per heavy atom. The third-order valence-corrected chi connectivity index (χ3v) is 4.54. The Morgan fingerprint density at radius 2 is 1.83 bits per heavy atom. The van der Waals surface area contributed by atoms with Crippen LogP contribution in [-0.4, -0.2) is 29.0 Å². The highest BCUT2D eigenvalue weighted by Gasteiger charge is 2.08. The van der Waals surface area contributed by atoms with E-state index in [9.17, 15) is 15.0 Å². The standard InChI is InChI=1S/C24H30O5/c1-16(2)5-9-22(26)18(4)14-20(25)13-17(3)11-12-28-21-8-6-19-7-10-24(27)29-23(19)15-21/h5-8,10-11,14-15,20,22,25-26H,9,12-13H2,1-4H3. The summed E-state index contributed by atoms with van der Waals surface area (Å²) in [5, 5.41) is 21.2. The first-order valence-corrected chi connectivity index (χ1v) is 9.74. The van der Waals surface area contributed by atoms with Crippen LogP contribution in [0.5, 0.6) is 5.75 Å². The van der Waals surface area contributed by atoms with Crippen LogP contribution in [0, 0.1) is 0 Å². The smallest absolute Gasteiger partial charge is 0.336 e. The van der Waals surface area contributed by atoms with Crippen molar-refractivity contribution in [2.75, 3.05) is 6.61 Å². The molecule has 2 rings (SSSR count). The van der Waals surface area contributed by atoms with Gasteiger partial charge in [0, 0.05) is 17.5 Å². The van der Waals surface area contributed by atoms with Gasteiger partial charge in [-0.3, -0.25) is 0 Å². The lowest BCUT2D eigenvalue weighted by atomic mass is 10.0. The van der Waals surface area contributed by atoms with Crippen molar-refractivity contribution in [1.82, 2.24) is 0 Å². The molecular weight excluding hydrogens is 368 g/mol. The van der Waals surface area contributed by atoms with E-state index in [1.807, 2.05) is 52.0 Å². The van der Waals surface area contributed by atoms with Crippen molar-refractivity contribution in [1.29, 1.82) is 0 Å². The van der Waals surface area contributed by atoms with Crippen LogP contribution in [0.15, 0.2) is 74.5 Å². The minimum absolute atomic E-state index is 0.340. The van der Waals surface area contributed by atoms with Crippen molar-refractivity contribution < 1.29 is 19.4 Å². The molecule has 5 nitrogen and oxygen atoms in total. The molecule has 0 aliphatic carbocycles. The van der Waals surface area contributed by atoms with E-state index >= 15 is 0 Å². The van der Waals surface area contributed by atoms with Crippen LogP contribution in [-0.2, 0) is 0 Å². The van der Waals surface area contributed by atoms with Crippen LogP contribution in [0.2, 0.25) is 0 Å². The number of benzene rings is 1. The van der Waals surface area contributed by atoms with E-state index in [-0.39, 0.29) is 0 Å². The normalized spacial score (nSPS) is 14.6. The van der Waals surface area contributed by atoms with Gasteiger partial charge in [0.2, 0.25) is 0 Å². The van der Waals surface area contributed by atoms with Gasteiger partial charge >= 0.3 is 5.63 Å². The maximum Gasteiger partial charge on any atom is 0.336 e. The average Bonchev–Trinajstić information content (AvgIpc) is 2.65. The third-order valence-electron chi connectivity index (χ3n) is 4.54. The highest BCUT2D eigenvalue weighted by Crippen LogP contribution is 2.20. The fourth-order valence-electron chi connectivity index (χ4n) is 2.83. The molecule has 2 unspecified atom stereocenters. The quantitative estimate of drug-likeness (QED) is 0.479. The second-order valence-electron chi connectivity index (χ2n) is 7.53. The van der Waals surface area contributed by atoms with E-state index in [0.717, 1.165) is 22.1 Å². The van der Waals surface area contributed by atoms with Gasteiger partial charge in [-0.2, -0.15) is 0 Å². The molecule has 2 N–H and O–H groups in total. The Kier molecular flexibility index (Phi) is 8.43. The number of ether oxygens (including phenoxy) is 1. The molecule has 0 aliphatic heterocycles. The molecule has 0 amide bonds. The van der Waals surface area contributed by atoms with Crippen molar-refractivity contribution in [2.24, 2.45) is 0 Å². The molecule has 156 valence electrons. The second-order valence-corrected chi connectivity index (χ2v) is 7.53. The van der Waals surface area contributed by atoms with Gasteiger partial charge in [-0.25, -0.2) is 4.79 Å². The van der Waals surface area contributed by atoms with Gasteiger partial charge in [-0.15, -0.1) is 0 Å². The topological polar surface area (TPSA) is 79.9 Å². The predicted octanol–water partition coefficient (Wildman–Crippen LogP) is 4.53. The summed E-state index contributed by atoms with van der Waals surface area (Å²) in [7, 11) is 0. The number of hydrogen-bond donors (Lipinski definition) is 2. The summed E-state index contributed by atoms with van der Waals surface area (Å²) in [5.41, 5.74) is 2.99. The Morgan fingerprint density at radius 3 is 2.55 bits per heavy atom. The number of aliphatic hydroxyl groups excluding tert-OH is 2. The minimum atomic E-state index is -0.664. The zero-order valence-electron chi connectivity index (χ0n) is 17.5. The van der Waals surface area contributed by atoms with Crippen LogP contribution in [0.25, 0.3) is 11.0 Å². The van der Waals surface area contributed by atoms with Crippen molar-refractivity contribution in [3.05, 3.63) is 75.7 Å². The summed E-state index contributed by atoms with van der Waals surface area (Å²) in [4.78, 5) is 11.3. The fraction of sp³-hybridized carbons (Fsp3) is 0.375. The lowest BCUT2D eigenvalue weighted by Gasteiger charge is -2.13. The van der Waals surface area contributed by atoms with E-state index in [4.69, 9.17) is 9.15 Å². The van der Waals surface area contributed by atoms with E-state index in [1.165, 1.54) is 6.07 Å². The van der Waals surface area contributed by atoms with E-state index in [2.05, 4.69) is 0 Å². The number of rotatable bonds is 9. The number of aliphatic hydroxyl groups is 2. The van der Waals surface area contributed by atoms with Crippen molar-refractivity contribution in [3.8, 4) is 5.75 Å². The summed E-state index contributed by atoms with van der Waals surface area (Å²) >= 11 is 0. The first-order chi connectivity index (χ1) is 13.7. The largest absolute Gasteiger partial charge is 0.489 e. The summed E-state index contributed by atoms with van der Waals surface area (Å²) in [6.45, 7) is 8.07. The first kappa shape index (κ1) is 22.7. The molecule has 1 aromatic heterocycles. The van der Waals surface area contributed by atoms with Gasteiger partial charge in [0.15, 0.2) is 0 Å². The number of hydrogen-bond acceptors (Lipinski definition) is 5. The molecule has 2 atom stereocenters. The molecule has 2 aromatic rings. The molecule has 0 saturated carbocycles. The molecule has 0 radical (unpaired) electrons. The lowest BCUT2D eigenvalue weighted by Crippen LogP contribution is -2.11. The van der Waals surface area contributed by atoms with Crippen molar-refractivity contribution >= 4 is 11.0 Å². The summed E-state index contributed by atoms with van der Waals surface area (Å²) in [5.74, 6) is 0.606. The molecule has 1 aromatic carbocycles. The van der Waals surface area contributed by atoms with Gasteiger partial charge in [0.1, 0.15) is 17.9 Å². The minimum Gasteiger partial charge on any atom is -0.489 e. The van der Waals surface area contributed by atoms with Crippen molar-refractivity contribution in [2.45, 2.75) is 52.7 Å². The highest BCUT2D eigenvalue weighted by molar-refractivity contribution is 5.77. The van der Waals surface area contributed by atoms with Crippen LogP contribution < -0.4 is 10.4 Å². The predicted molar refractivity (Wildman–Crippen MR) is 116 cm³/mol. The maximum absolute atomic E-state index is 11.3. The van der Waals surface area contributed by atoms with E-state index in [1.54, 1.807) is 18.2 Å². The molecule has 29 heavy (non-hydrogen) atoms. The zero-order valence-corrected chi connectivity index (χ0v) is 17.5. The summed E-state index contributed by atoms with van der Waals surface area (Å²) in [6.07, 6.45) is 5.34. The molecule has 0 aliphatic rings. The Balaban J connectivity index is 1.88. The van der Waals surface area contributed by atoms with E-state index < -0.39 is 17.8 Å². The number of allylic oxidation sites excluding steroid dienone is 1. The Labute approximate surface area is 171 Å². The molecule has 0 fully saturated rings. The SMILES string of the molecule is CC(C)=CCC(O)C(C)=CC(O)CC(C)=CCOc1ccc2ccc(=O)oc2c1. The van der Waals surface area contributed by atoms with Gasteiger partial charge in [0.05, 0.1) is 12.2 Å². The molecule has 5 heteroatoms. The average molecular weight is 398 g/mol. The van der Waals surface area contributed by atoms with Crippen LogP contribution >= 0.6 is 0 Å². The highest BCUT2D eigenvalue weighted by atomic mass is 16.5. The van der Waals surface area contributed by atoms with Gasteiger partial charge in [-0.05, 0) is 70.4 Å². The molecule has 1 heterocycles. The molecular formula is C24H30O5. The zero-order chi connectivity index (χ0) is 21.4. The van der Waals surface area contributed by atoms with Gasteiger partial charge in [0.25, 0.3) is 0 Å². The summed E-state index contributed by atoms with van der Waals surface area (Å²) < 4.78 is 10.9. The van der Waals surface area contributed by atoms with E-state index in [0.29, 0.717) is 30.8 Å². The number of fused-ring (bicyclic) bond motifs is 1. The molecule has 0 bridgehead atoms. The molecule has 0 saturated heterocycles. The second kappa shape index (κ2) is 10.8.